The number of nitrogens with zero attached hydrogens (tertiary/aromatic N) is 1. The van der Waals surface area contributed by atoms with Gasteiger partial charge in [-0.05, 0) is 86.9 Å². The first kappa shape index (κ1) is 17.2. The lowest BCUT2D eigenvalue weighted by Gasteiger charge is -2.59. The van der Waals surface area contributed by atoms with E-state index in [0.29, 0.717) is 0 Å². The monoisotopic (exact) mass is 382 g/mol. The zero-order valence-electron chi connectivity index (χ0n) is 16.6. The molecule has 0 aromatic heterocycles. The molecule has 0 aromatic rings. The van der Waals surface area contributed by atoms with Crippen LogP contribution in [0.15, 0.2) is 12.2 Å². The molecule has 5 nitrogen and oxygen atoms in total. The molecule has 3 amide bonds. The Balaban J connectivity index is 1.13. The van der Waals surface area contributed by atoms with Gasteiger partial charge in [0, 0.05) is 6.04 Å². The Morgan fingerprint density at radius 3 is 2.00 bits per heavy atom. The smallest absolute Gasteiger partial charge is 0.240 e. The zero-order chi connectivity index (χ0) is 19.2. The highest BCUT2D eigenvalue weighted by molar-refractivity contribution is 6.08. The van der Waals surface area contributed by atoms with Crippen LogP contribution < -0.4 is 5.32 Å². The lowest BCUT2D eigenvalue weighted by Crippen LogP contribution is -2.57. The average Bonchev–Trinajstić information content (AvgIpc) is 3.30. The lowest BCUT2D eigenvalue weighted by atomic mass is 9.48. The van der Waals surface area contributed by atoms with Crippen molar-refractivity contribution in [2.24, 2.45) is 46.8 Å². The molecule has 28 heavy (non-hydrogen) atoms. The topological polar surface area (TPSA) is 66.5 Å². The van der Waals surface area contributed by atoms with E-state index in [9.17, 15) is 14.4 Å². The second-order valence-electron chi connectivity index (χ2n) is 10.8. The fourth-order valence-corrected chi connectivity index (χ4v) is 8.41. The van der Waals surface area contributed by atoms with Crippen LogP contribution in [0.1, 0.15) is 51.9 Å². The van der Waals surface area contributed by atoms with Crippen LogP contribution in [-0.4, -0.2) is 35.2 Å². The predicted octanol–water partition coefficient (Wildman–Crippen LogP) is 2.51. The van der Waals surface area contributed by atoms with Crippen molar-refractivity contribution >= 4 is 17.7 Å². The van der Waals surface area contributed by atoms with Crippen LogP contribution in [0.2, 0.25) is 0 Å². The van der Waals surface area contributed by atoms with Crippen LogP contribution in [0.3, 0.4) is 0 Å². The van der Waals surface area contributed by atoms with E-state index >= 15 is 0 Å². The van der Waals surface area contributed by atoms with Crippen molar-refractivity contribution in [2.45, 2.75) is 57.9 Å². The molecular weight excluding hydrogens is 352 g/mol. The molecule has 5 saturated carbocycles. The Morgan fingerprint density at radius 2 is 1.50 bits per heavy atom. The van der Waals surface area contributed by atoms with Gasteiger partial charge in [-0.15, -0.1) is 0 Å². The molecule has 0 spiro atoms. The highest BCUT2D eigenvalue weighted by Crippen LogP contribution is 2.61. The first-order chi connectivity index (χ1) is 13.4. The maximum absolute atomic E-state index is 12.8. The number of hydrogen-bond acceptors (Lipinski definition) is 3. The summed E-state index contributed by atoms with van der Waals surface area (Å²) in [4.78, 5) is 39.7. The third-order valence-corrected chi connectivity index (χ3v) is 9.25. The maximum Gasteiger partial charge on any atom is 0.240 e. The molecule has 6 fully saturated rings. The van der Waals surface area contributed by atoms with Gasteiger partial charge < -0.3 is 5.32 Å². The molecule has 6 bridgehead atoms. The summed E-state index contributed by atoms with van der Waals surface area (Å²) in [5.74, 6) is 2.10. The van der Waals surface area contributed by atoms with E-state index < -0.39 is 0 Å². The largest absolute Gasteiger partial charge is 0.352 e. The molecule has 5 heteroatoms. The van der Waals surface area contributed by atoms with Gasteiger partial charge in [0.15, 0.2) is 0 Å². The number of imide groups is 1. The summed E-state index contributed by atoms with van der Waals surface area (Å²) < 4.78 is 0. The van der Waals surface area contributed by atoms with Crippen molar-refractivity contribution in [3.63, 3.8) is 0 Å². The number of amides is 3. The van der Waals surface area contributed by atoms with Gasteiger partial charge in [0.05, 0.1) is 11.8 Å². The molecule has 0 unspecified atom stereocenters. The Bertz CT molecular complexity index is 721. The Labute approximate surface area is 166 Å². The number of likely N-dealkylation sites (tertiary alicyclic amines) is 1. The van der Waals surface area contributed by atoms with Crippen molar-refractivity contribution in [2.75, 3.05) is 6.54 Å². The van der Waals surface area contributed by atoms with Crippen LogP contribution in [0, 0.1) is 46.8 Å². The van der Waals surface area contributed by atoms with E-state index in [1.165, 1.54) is 43.4 Å². The van der Waals surface area contributed by atoms with E-state index in [0.717, 1.165) is 24.2 Å². The molecule has 1 saturated heterocycles. The van der Waals surface area contributed by atoms with Gasteiger partial charge in [-0.3, -0.25) is 19.3 Å². The number of nitrogens with one attached hydrogen (secondary N) is 1. The quantitative estimate of drug-likeness (QED) is 0.600. The summed E-state index contributed by atoms with van der Waals surface area (Å²) in [5.41, 5.74) is 0.239. The van der Waals surface area contributed by atoms with Crippen LogP contribution in [0.4, 0.5) is 0 Å². The van der Waals surface area contributed by atoms with Crippen molar-refractivity contribution in [3.8, 4) is 0 Å². The number of allylic oxidation sites excluding steroid dienone is 2. The first-order valence-corrected chi connectivity index (χ1v) is 11.3. The maximum atomic E-state index is 12.8. The lowest BCUT2D eigenvalue weighted by molar-refractivity contribution is -0.145. The van der Waals surface area contributed by atoms with E-state index in [1.54, 1.807) is 0 Å². The van der Waals surface area contributed by atoms with Gasteiger partial charge in [0.2, 0.25) is 17.7 Å². The normalized spacial score (nSPS) is 48.5. The van der Waals surface area contributed by atoms with Crippen LogP contribution in [0.5, 0.6) is 0 Å². The molecule has 7 rings (SSSR count). The van der Waals surface area contributed by atoms with Crippen molar-refractivity contribution < 1.29 is 14.4 Å². The molecule has 7 aliphatic rings. The molecule has 1 heterocycles. The predicted molar refractivity (Wildman–Crippen MR) is 103 cm³/mol. The minimum absolute atomic E-state index is 0.0964. The van der Waals surface area contributed by atoms with Crippen molar-refractivity contribution in [1.29, 1.82) is 0 Å². The molecule has 150 valence electrons. The Morgan fingerprint density at radius 1 is 1.00 bits per heavy atom. The molecule has 1 aliphatic heterocycles. The van der Waals surface area contributed by atoms with E-state index in [4.69, 9.17) is 0 Å². The summed E-state index contributed by atoms with van der Waals surface area (Å²) in [6.07, 6.45) is 13.0. The van der Waals surface area contributed by atoms with Crippen LogP contribution in [-0.2, 0) is 14.4 Å². The SMILES string of the molecule is C[C@H](NC(=O)CN1C(=O)[C@@H]2[C@@H](C1=O)[C@H]1C=C[C@H]2C1)C12CC3CC(CC(C3)C1)C2. The van der Waals surface area contributed by atoms with Gasteiger partial charge in [-0.1, -0.05) is 12.2 Å². The van der Waals surface area contributed by atoms with E-state index in [-0.39, 0.29) is 59.4 Å². The second-order valence-corrected chi connectivity index (χ2v) is 10.8. The van der Waals surface area contributed by atoms with Gasteiger partial charge in [-0.2, -0.15) is 0 Å². The zero-order valence-corrected chi connectivity index (χ0v) is 16.6. The fraction of sp³-hybridized carbons (Fsp3) is 0.783. The first-order valence-electron chi connectivity index (χ1n) is 11.3. The van der Waals surface area contributed by atoms with Gasteiger partial charge in [0.1, 0.15) is 6.54 Å². The number of hydrogen-bond donors (Lipinski definition) is 1. The summed E-state index contributed by atoms with van der Waals surface area (Å²) in [7, 11) is 0. The van der Waals surface area contributed by atoms with Gasteiger partial charge in [-0.25, -0.2) is 0 Å². The Kier molecular flexibility index (Phi) is 3.51. The minimum atomic E-state index is -0.212. The summed E-state index contributed by atoms with van der Waals surface area (Å²) in [5, 5.41) is 3.21. The fourth-order valence-electron chi connectivity index (χ4n) is 8.41. The third-order valence-electron chi connectivity index (χ3n) is 9.25. The number of fused-ring (bicyclic) bond motifs is 5. The van der Waals surface area contributed by atoms with Crippen LogP contribution in [0.25, 0.3) is 0 Å². The van der Waals surface area contributed by atoms with E-state index in [2.05, 4.69) is 24.4 Å². The molecule has 0 aromatic carbocycles. The molecular formula is C23H30N2O3. The standard InChI is InChI=1S/C23H30N2O3/c1-12(23-8-13-4-14(9-23)6-15(5-13)10-23)24-18(26)11-25-21(27)19-16-2-3-17(7-16)20(19)22(25)28/h2-3,12-17,19-20H,4-11H2,1H3,(H,24,26)/t12-,13?,14?,15?,16-,17-,19-,20-,23?/m0/s1. The average molecular weight is 383 g/mol. The molecule has 5 atom stereocenters. The minimum Gasteiger partial charge on any atom is -0.352 e. The van der Waals surface area contributed by atoms with Gasteiger partial charge in [0.25, 0.3) is 0 Å². The highest BCUT2D eigenvalue weighted by atomic mass is 16.2. The third kappa shape index (κ3) is 2.28. The number of rotatable bonds is 4. The van der Waals surface area contributed by atoms with E-state index in [1.807, 2.05) is 0 Å². The highest BCUT2D eigenvalue weighted by Gasteiger charge is 2.59. The summed E-state index contributed by atoms with van der Waals surface area (Å²) >= 11 is 0. The summed E-state index contributed by atoms with van der Waals surface area (Å²) in [6, 6.07) is 0.124. The molecule has 1 N–H and O–H groups in total. The summed E-state index contributed by atoms with van der Waals surface area (Å²) in [6.45, 7) is 2.05. The molecule has 6 aliphatic carbocycles. The Hall–Kier alpha value is -1.65. The number of carbonyl (C=O) groups is 3. The van der Waals surface area contributed by atoms with Crippen molar-refractivity contribution in [3.05, 3.63) is 12.2 Å². The van der Waals surface area contributed by atoms with Crippen molar-refractivity contribution in [1.82, 2.24) is 10.2 Å². The van der Waals surface area contributed by atoms with Crippen LogP contribution >= 0.6 is 0 Å². The molecule has 0 radical (unpaired) electrons. The second kappa shape index (κ2) is 5.70. The van der Waals surface area contributed by atoms with Gasteiger partial charge >= 0.3 is 0 Å². The number of carbonyl (C=O) groups excluding carboxylic acids is 3.